The predicted octanol–water partition coefficient (Wildman–Crippen LogP) is 2.91. The van der Waals surface area contributed by atoms with Crippen molar-refractivity contribution in [3.05, 3.63) is 35.9 Å². The fourth-order valence-corrected chi connectivity index (χ4v) is 1.86. The number of benzene rings is 1. The molecule has 0 aliphatic rings. The van der Waals surface area contributed by atoms with E-state index in [1.54, 1.807) is 12.1 Å². The summed E-state index contributed by atoms with van der Waals surface area (Å²) in [5.41, 5.74) is 0.689. The highest BCUT2D eigenvalue weighted by Crippen LogP contribution is 2.21. The summed E-state index contributed by atoms with van der Waals surface area (Å²) in [6.07, 6.45) is 0.116. The molecule has 0 spiro atoms. The van der Waals surface area contributed by atoms with Crippen molar-refractivity contribution < 1.29 is 9.90 Å². The number of carbonyl (C=O) groups is 1. The first-order valence-electron chi connectivity index (χ1n) is 5.85. The summed E-state index contributed by atoms with van der Waals surface area (Å²) >= 11 is 0. The van der Waals surface area contributed by atoms with Gasteiger partial charge in [-0.05, 0) is 12.3 Å². The number of aliphatic hydroxyl groups is 1. The number of Topliss-reactive ketones (excluding diaryl/α,β-unsaturated/α-hetero) is 1. The first kappa shape index (κ1) is 12.9. The Kier molecular flexibility index (Phi) is 4.69. The summed E-state index contributed by atoms with van der Waals surface area (Å²) in [7, 11) is 0. The second-order valence-corrected chi connectivity index (χ2v) is 4.48. The molecule has 2 atom stereocenters. The van der Waals surface area contributed by atoms with Crippen LogP contribution in [0, 0.1) is 11.8 Å². The van der Waals surface area contributed by atoms with Gasteiger partial charge in [0.2, 0.25) is 0 Å². The van der Waals surface area contributed by atoms with Crippen LogP contribution in [0.3, 0.4) is 0 Å². The highest BCUT2D eigenvalue weighted by Gasteiger charge is 2.27. The Balaban J connectivity index is 2.86. The molecule has 2 nitrogen and oxygen atoms in total. The summed E-state index contributed by atoms with van der Waals surface area (Å²) in [6, 6.07) is 9.19. The van der Waals surface area contributed by atoms with Gasteiger partial charge in [0.15, 0.2) is 5.78 Å². The van der Waals surface area contributed by atoms with Gasteiger partial charge in [-0.25, -0.2) is 0 Å². The molecular formula is C14H20O2. The molecule has 0 amide bonds. The minimum absolute atomic E-state index is 0.0456. The highest BCUT2D eigenvalue weighted by molar-refractivity contribution is 5.98. The van der Waals surface area contributed by atoms with Crippen molar-refractivity contribution in [2.75, 3.05) is 0 Å². The number of ketones is 1. The van der Waals surface area contributed by atoms with Crippen LogP contribution in [0.2, 0.25) is 0 Å². The van der Waals surface area contributed by atoms with Gasteiger partial charge in [-0.1, -0.05) is 51.1 Å². The molecule has 16 heavy (non-hydrogen) atoms. The lowest BCUT2D eigenvalue weighted by Gasteiger charge is -2.23. The molecule has 0 saturated carbocycles. The van der Waals surface area contributed by atoms with Crippen LogP contribution < -0.4 is 0 Å². The third kappa shape index (κ3) is 2.92. The van der Waals surface area contributed by atoms with Gasteiger partial charge in [0.25, 0.3) is 0 Å². The summed E-state index contributed by atoms with van der Waals surface area (Å²) < 4.78 is 0. The van der Waals surface area contributed by atoms with Crippen LogP contribution in [-0.4, -0.2) is 17.0 Å². The predicted molar refractivity (Wildman–Crippen MR) is 65.4 cm³/mol. The lowest BCUT2D eigenvalue weighted by atomic mass is 9.85. The zero-order valence-electron chi connectivity index (χ0n) is 10.2. The fourth-order valence-electron chi connectivity index (χ4n) is 1.86. The molecule has 1 N–H and O–H groups in total. The van der Waals surface area contributed by atoms with E-state index >= 15 is 0 Å². The monoisotopic (exact) mass is 220 g/mol. The van der Waals surface area contributed by atoms with Crippen LogP contribution in [0.5, 0.6) is 0 Å². The molecule has 0 bridgehead atoms. The molecular weight excluding hydrogens is 200 g/mol. The maximum atomic E-state index is 12.2. The average Bonchev–Trinajstić information content (AvgIpc) is 2.30. The van der Waals surface area contributed by atoms with Gasteiger partial charge in [-0.3, -0.25) is 4.79 Å². The van der Waals surface area contributed by atoms with Crippen LogP contribution in [-0.2, 0) is 0 Å². The molecule has 88 valence electrons. The standard InChI is InChI=1S/C14H20O2/c1-4-12(13(15)10(2)3)14(16)11-8-6-5-7-9-11/h5-10,12-13,15H,4H2,1-3H3/t12-,13-/m0/s1. The molecule has 0 fully saturated rings. The topological polar surface area (TPSA) is 37.3 Å². The van der Waals surface area contributed by atoms with Crippen molar-refractivity contribution in [1.82, 2.24) is 0 Å². The SMILES string of the molecule is CC[C@H](C(=O)c1ccccc1)[C@@H](O)C(C)C. The Morgan fingerprint density at radius 3 is 2.25 bits per heavy atom. The van der Waals surface area contributed by atoms with Gasteiger partial charge >= 0.3 is 0 Å². The number of hydrogen-bond acceptors (Lipinski definition) is 2. The Labute approximate surface area is 97.3 Å². The van der Waals surface area contributed by atoms with Gasteiger partial charge in [0.1, 0.15) is 0 Å². The van der Waals surface area contributed by atoms with Crippen molar-refractivity contribution in [3.8, 4) is 0 Å². The second kappa shape index (κ2) is 5.80. The van der Waals surface area contributed by atoms with Crippen LogP contribution in [0.25, 0.3) is 0 Å². The van der Waals surface area contributed by atoms with Crippen molar-refractivity contribution in [2.45, 2.75) is 33.3 Å². The number of hydrogen-bond donors (Lipinski definition) is 1. The minimum Gasteiger partial charge on any atom is -0.392 e. The van der Waals surface area contributed by atoms with E-state index < -0.39 is 6.10 Å². The lowest BCUT2D eigenvalue weighted by Crippen LogP contribution is -2.31. The third-order valence-corrected chi connectivity index (χ3v) is 2.93. The van der Waals surface area contributed by atoms with Crippen LogP contribution >= 0.6 is 0 Å². The lowest BCUT2D eigenvalue weighted by molar-refractivity contribution is 0.0493. The summed E-state index contributed by atoms with van der Waals surface area (Å²) in [6.45, 7) is 5.81. The van der Waals surface area contributed by atoms with E-state index in [1.807, 2.05) is 39.0 Å². The van der Waals surface area contributed by atoms with Crippen molar-refractivity contribution >= 4 is 5.78 Å². The molecule has 0 heterocycles. The molecule has 1 rings (SSSR count). The van der Waals surface area contributed by atoms with Crippen LogP contribution in [0.4, 0.5) is 0 Å². The average molecular weight is 220 g/mol. The molecule has 0 unspecified atom stereocenters. The first-order chi connectivity index (χ1) is 7.57. The van der Waals surface area contributed by atoms with E-state index in [-0.39, 0.29) is 17.6 Å². The molecule has 1 aromatic carbocycles. The van der Waals surface area contributed by atoms with Crippen LogP contribution in [0.1, 0.15) is 37.6 Å². The molecule has 0 aliphatic heterocycles. The smallest absolute Gasteiger partial charge is 0.168 e. The number of carbonyl (C=O) groups excluding carboxylic acids is 1. The van der Waals surface area contributed by atoms with Gasteiger partial charge in [0, 0.05) is 11.5 Å². The van der Waals surface area contributed by atoms with Gasteiger partial charge in [-0.15, -0.1) is 0 Å². The van der Waals surface area contributed by atoms with Crippen molar-refractivity contribution in [2.24, 2.45) is 11.8 Å². The zero-order valence-corrected chi connectivity index (χ0v) is 10.2. The Bertz CT molecular complexity index is 330. The van der Waals surface area contributed by atoms with E-state index in [4.69, 9.17) is 0 Å². The number of rotatable bonds is 5. The van der Waals surface area contributed by atoms with Crippen molar-refractivity contribution in [1.29, 1.82) is 0 Å². The summed E-state index contributed by atoms with van der Waals surface area (Å²) in [4.78, 5) is 12.2. The van der Waals surface area contributed by atoms with E-state index in [0.717, 1.165) is 0 Å². The van der Waals surface area contributed by atoms with E-state index in [1.165, 1.54) is 0 Å². The highest BCUT2D eigenvalue weighted by atomic mass is 16.3. The molecule has 0 aliphatic carbocycles. The first-order valence-corrected chi connectivity index (χ1v) is 5.85. The normalized spacial score (nSPS) is 14.8. The summed E-state index contributed by atoms with van der Waals surface area (Å²) in [5, 5.41) is 10.00. The maximum absolute atomic E-state index is 12.2. The quantitative estimate of drug-likeness (QED) is 0.775. The zero-order chi connectivity index (χ0) is 12.1. The minimum atomic E-state index is -0.558. The third-order valence-electron chi connectivity index (χ3n) is 2.93. The van der Waals surface area contributed by atoms with Gasteiger partial charge in [-0.2, -0.15) is 0 Å². The van der Waals surface area contributed by atoms with Gasteiger partial charge in [0.05, 0.1) is 6.10 Å². The molecule has 2 heteroatoms. The van der Waals surface area contributed by atoms with Gasteiger partial charge < -0.3 is 5.11 Å². The maximum Gasteiger partial charge on any atom is 0.168 e. The number of aliphatic hydroxyl groups excluding tert-OH is 1. The second-order valence-electron chi connectivity index (χ2n) is 4.48. The van der Waals surface area contributed by atoms with E-state index in [9.17, 15) is 9.90 Å². The van der Waals surface area contributed by atoms with E-state index in [0.29, 0.717) is 12.0 Å². The fraction of sp³-hybridized carbons (Fsp3) is 0.500. The Morgan fingerprint density at radius 1 is 1.25 bits per heavy atom. The largest absolute Gasteiger partial charge is 0.392 e. The molecule has 0 aromatic heterocycles. The molecule has 0 saturated heterocycles. The van der Waals surface area contributed by atoms with Crippen molar-refractivity contribution in [3.63, 3.8) is 0 Å². The Hall–Kier alpha value is -1.15. The van der Waals surface area contributed by atoms with E-state index in [2.05, 4.69) is 0 Å². The Morgan fingerprint density at radius 2 is 1.81 bits per heavy atom. The summed E-state index contributed by atoms with van der Waals surface area (Å²) in [5.74, 6) is -0.135. The molecule has 1 aromatic rings. The van der Waals surface area contributed by atoms with Crippen LogP contribution in [0.15, 0.2) is 30.3 Å². The molecule has 0 radical (unpaired) electrons.